The molecule has 0 aliphatic rings. The minimum Gasteiger partial charge on any atom is -0.443 e. The van der Waals surface area contributed by atoms with Crippen molar-refractivity contribution in [1.29, 1.82) is 0 Å². The maximum absolute atomic E-state index is 13.8. The fraction of sp³-hybridized carbons (Fsp3) is 0.308. The van der Waals surface area contributed by atoms with Gasteiger partial charge in [-0.2, -0.15) is 0 Å². The van der Waals surface area contributed by atoms with Gasteiger partial charge in [0.2, 0.25) is 0 Å². The Hall–Kier alpha value is -1.43. The summed E-state index contributed by atoms with van der Waals surface area (Å²) in [6.45, 7) is 5.13. The second-order valence-electron chi connectivity index (χ2n) is 5.11. The first kappa shape index (κ1) is 14.0. The van der Waals surface area contributed by atoms with Crippen molar-refractivity contribution < 1.29 is 18.3 Å². The van der Waals surface area contributed by atoms with E-state index in [4.69, 9.17) is 4.74 Å². The van der Waals surface area contributed by atoms with Gasteiger partial charge in [-0.15, -0.1) is 0 Å². The van der Waals surface area contributed by atoms with Crippen LogP contribution in [-0.4, -0.2) is 16.3 Å². The summed E-state index contributed by atoms with van der Waals surface area (Å²) in [5, 5.41) is 0.281. The fourth-order valence-electron chi connectivity index (χ4n) is 1.70. The highest BCUT2D eigenvalue weighted by atomic mass is 79.9. The molecule has 0 saturated carbocycles. The van der Waals surface area contributed by atoms with Crippen molar-refractivity contribution in [3.05, 3.63) is 34.4 Å². The molecule has 19 heavy (non-hydrogen) atoms. The molecular weight excluding hydrogens is 320 g/mol. The molecule has 0 saturated heterocycles. The quantitative estimate of drug-likeness (QED) is 0.713. The summed E-state index contributed by atoms with van der Waals surface area (Å²) in [7, 11) is 0. The van der Waals surface area contributed by atoms with E-state index in [-0.39, 0.29) is 10.9 Å². The van der Waals surface area contributed by atoms with Crippen molar-refractivity contribution in [1.82, 2.24) is 4.57 Å². The SMILES string of the molecule is CC(C)(C)OC(=O)n1cc(Br)c2cc(F)cc(F)c21. The van der Waals surface area contributed by atoms with E-state index < -0.39 is 23.3 Å². The summed E-state index contributed by atoms with van der Waals surface area (Å²) in [6.07, 6.45) is 0.648. The molecule has 0 unspecified atom stereocenters. The summed E-state index contributed by atoms with van der Waals surface area (Å²) >= 11 is 3.17. The topological polar surface area (TPSA) is 31.2 Å². The van der Waals surface area contributed by atoms with Crippen LogP contribution in [0, 0.1) is 11.6 Å². The van der Waals surface area contributed by atoms with Crippen LogP contribution >= 0.6 is 15.9 Å². The third kappa shape index (κ3) is 2.78. The second-order valence-corrected chi connectivity index (χ2v) is 5.97. The van der Waals surface area contributed by atoms with Crippen molar-refractivity contribution in [3.8, 4) is 0 Å². The third-order valence-corrected chi connectivity index (χ3v) is 2.99. The third-order valence-electron chi connectivity index (χ3n) is 2.36. The first-order valence-electron chi connectivity index (χ1n) is 5.58. The molecule has 2 rings (SSSR count). The maximum atomic E-state index is 13.8. The minimum atomic E-state index is -0.813. The predicted octanol–water partition coefficient (Wildman–Crippen LogP) is 4.47. The van der Waals surface area contributed by atoms with Gasteiger partial charge in [0.05, 0.1) is 5.52 Å². The molecule has 3 nitrogen and oxygen atoms in total. The lowest BCUT2D eigenvalue weighted by atomic mass is 10.2. The Morgan fingerprint density at radius 3 is 2.53 bits per heavy atom. The van der Waals surface area contributed by atoms with Crippen LogP contribution in [0.4, 0.5) is 13.6 Å². The van der Waals surface area contributed by atoms with E-state index in [1.807, 2.05) is 0 Å². The number of rotatable bonds is 0. The lowest BCUT2D eigenvalue weighted by molar-refractivity contribution is 0.0543. The molecule has 0 spiro atoms. The van der Waals surface area contributed by atoms with Gasteiger partial charge in [0.1, 0.15) is 11.4 Å². The zero-order valence-electron chi connectivity index (χ0n) is 10.6. The average Bonchev–Trinajstić information content (AvgIpc) is 2.54. The molecule has 6 heteroatoms. The molecule has 0 bridgehead atoms. The molecule has 102 valence electrons. The molecule has 1 heterocycles. The number of fused-ring (bicyclic) bond motifs is 1. The molecule has 0 amide bonds. The van der Waals surface area contributed by atoms with E-state index in [2.05, 4.69) is 15.9 Å². The summed E-state index contributed by atoms with van der Waals surface area (Å²) < 4.78 is 33.6. The molecule has 2 aromatic rings. The Bertz CT molecular complexity index is 659. The van der Waals surface area contributed by atoms with E-state index in [9.17, 15) is 13.6 Å². The monoisotopic (exact) mass is 331 g/mol. The van der Waals surface area contributed by atoms with Gasteiger partial charge in [0.15, 0.2) is 5.82 Å². The summed E-state index contributed by atoms with van der Waals surface area (Å²) in [5.74, 6) is -1.51. The summed E-state index contributed by atoms with van der Waals surface area (Å²) in [6, 6.07) is 1.89. The smallest absolute Gasteiger partial charge is 0.419 e. The largest absolute Gasteiger partial charge is 0.443 e. The van der Waals surface area contributed by atoms with Crippen LogP contribution in [0.25, 0.3) is 10.9 Å². The molecular formula is C13H12BrF2NO2. The Morgan fingerprint density at radius 2 is 1.95 bits per heavy atom. The first-order valence-corrected chi connectivity index (χ1v) is 6.37. The highest BCUT2D eigenvalue weighted by molar-refractivity contribution is 9.10. The van der Waals surface area contributed by atoms with Crippen LogP contribution in [0.3, 0.4) is 0 Å². The molecule has 1 aromatic carbocycles. The van der Waals surface area contributed by atoms with Crippen LogP contribution in [0.15, 0.2) is 22.8 Å². The number of aromatic nitrogens is 1. The lowest BCUT2D eigenvalue weighted by Crippen LogP contribution is -2.26. The molecule has 0 N–H and O–H groups in total. The number of halogens is 3. The zero-order valence-corrected chi connectivity index (χ0v) is 12.2. The summed E-state index contributed by atoms with van der Waals surface area (Å²) in [5.41, 5.74) is -0.709. The predicted molar refractivity (Wildman–Crippen MR) is 71.2 cm³/mol. The highest BCUT2D eigenvalue weighted by Gasteiger charge is 2.22. The number of carbonyl (C=O) groups is 1. The van der Waals surface area contributed by atoms with E-state index in [1.54, 1.807) is 20.8 Å². The van der Waals surface area contributed by atoms with E-state index in [1.165, 1.54) is 6.20 Å². The Morgan fingerprint density at radius 1 is 1.32 bits per heavy atom. The van der Waals surface area contributed by atoms with Gasteiger partial charge >= 0.3 is 6.09 Å². The van der Waals surface area contributed by atoms with Gasteiger partial charge < -0.3 is 4.74 Å². The van der Waals surface area contributed by atoms with Crippen molar-refractivity contribution in [3.63, 3.8) is 0 Å². The number of benzene rings is 1. The van der Waals surface area contributed by atoms with Gasteiger partial charge in [-0.25, -0.2) is 18.1 Å². The van der Waals surface area contributed by atoms with E-state index in [0.29, 0.717) is 4.47 Å². The molecule has 0 aliphatic heterocycles. The normalized spacial score (nSPS) is 11.9. The van der Waals surface area contributed by atoms with Crippen LogP contribution in [-0.2, 0) is 4.74 Å². The van der Waals surface area contributed by atoms with Gasteiger partial charge in [0.25, 0.3) is 0 Å². The van der Waals surface area contributed by atoms with Gasteiger partial charge in [-0.3, -0.25) is 0 Å². The standard InChI is InChI=1S/C13H12BrF2NO2/c1-13(2,3)19-12(18)17-6-9(14)8-4-7(15)5-10(16)11(8)17/h4-6H,1-3H3. The van der Waals surface area contributed by atoms with Gasteiger partial charge in [-0.05, 0) is 42.8 Å². The highest BCUT2D eigenvalue weighted by Crippen LogP contribution is 2.29. The Kier molecular flexibility index (Phi) is 3.38. The number of hydrogen-bond acceptors (Lipinski definition) is 2. The second kappa shape index (κ2) is 4.59. The number of ether oxygens (including phenoxy) is 1. The van der Waals surface area contributed by atoms with Crippen molar-refractivity contribution in [2.24, 2.45) is 0 Å². The van der Waals surface area contributed by atoms with E-state index in [0.717, 1.165) is 16.7 Å². The number of hydrogen-bond donors (Lipinski definition) is 0. The van der Waals surface area contributed by atoms with Crippen molar-refractivity contribution in [2.45, 2.75) is 26.4 Å². The van der Waals surface area contributed by atoms with Crippen molar-refractivity contribution in [2.75, 3.05) is 0 Å². The Labute approximate surface area is 117 Å². The zero-order chi connectivity index (χ0) is 14.4. The maximum Gasteiger partial charge on any atom is 0.419 e. The van der Waals surface area contributed by atoms with Crippen molar-refractivity contribution >= 4 is 32.9 Å². The molecule has 0 atom stereocenters. The number of nitrogens with zero attached hydrogens (tertiary/aromatic N) is 1. The van der Waals surface area contributed by atoms with Gasteiger partial charge in [0, 0.05) is 22.1 Å². The van der Waals surface area contributed by atoms with Gasteiger partial charge in [-0.1, -0.05) is 0 Å². The lowest BCUT2D eigenvalue weighted by Gasteiger charge is -2.19. The van der Waals surface area contributed by atoms with Crippen LogP contribution in [0.2, 0.25) is 0 Å². The van der Waals surface area contributed by atoms with Crippen LogP contribution in [0.1, 0.15) is 20.8 Å². The van der Waals surface area contributed by atoms with Crippen LogP contribution < -0.4 is 0 Å². The minimum absolute atomic E-state index is 0.0116. The Balaban J connectivity index is 2.59. The molecule has 0 radical (unpaired) electrons. The molecule has 0 aliphatic carbocycles. The van der Waals surface area contributed by atoms with E-state index >= 15 is 0 Å². The average molecular weight is 332 g/mol. The summed E-state index contributed by atoms with van der Waals surface area (Å²) in [4.78, 5) is 12.0. The van der Waals surface area contributed by atoms with Crippen LogP contribution in [0.5, 0.6) is 0 Å². The molecule has 1 aromatic heterocycles. The molecule has 0 fully saturated rings. The fourth-order valence-corrected chi connectivity index (χ4v) is 2.20. The number of carbonyl (C=O) groups excluding carboxylic acids is 1. The first-order chi connectivity index (χ1) is 8.69.